The standard InChI is InChI=1S/C13H23N3O2/c1-2-4-13-15-12(16-18-13)9-17-8-11-6-3-5-10(11)7-14/h10-11H,2-9,14H2,1H3. The summed E-state index contributed by atoms with van der Waals surface area (Å²) >= 11 is 0. The second-order valence-corrected chi connectivity index (χ2v) is 5.06. The fraction of sp³-hybridized carbons (Fsp3) is 0.846. The highest BCUT2D eigenvalue weighted by Gasteiger charge is 2.26. The van der Waals surface area contributed by atoms with Gasteiger partial charge in [0.2, 0.25) is 5.89 Å². The van der Waals surface area contributed by atoms with Crippen molar-refractivity contribution in [3.63, 3.8) is 0 Å². The van der Waals surface area contributed by atoms with E-state index in [1.807, 2.05) is 0 Å². The van der Waals surface area contributed by atoms with Crippen LogP contribution < -0.4 is 5.73 Å². The van der Waals surface area contributed by atoms with Crippen molar-refractivity contribution in [2.45, 2.75) is 45.6 Å². The normalized spacial score (nSPS) is 23.7. The Bertz CT molecular complexity index is 354. The van der Waals surface area contributed by atoms with Crippen LogP contribution in [-0.2, 0) is 17.8 Å². The molecule has 2 N–H and O–H groups in total. The molecule has 0 spiro atoms. The number of aryl methyl sites for hydroxylation is 1. The maximum atomic E-state index is 5.75. The molecule has 0 aromatic carbocycles. The third-order valence-electron chi connectivity index (χ3n) is 3.66. The van der Waals surface area contributed by atoms with Crippen LogP contribution in [0.3, 0.4) is 0 Å². The quantitative estimate of drug-likeness (QED) is 0.803. The van der Waals surface area contributed by atoms with Crippen LogP contribution in [0.4, 0.5) is 0 Å². The van der Waals surface area contributed by atoms with Crippen LogP contribution >= 0.6 is 0 Å². The molecule has 1 saturated carbocycles. The molecule has 1 fully saturated rings. The Kier molecular flexibility index (Phi) is 5.13. The van der Waals surface area contributed by atoms with Gasteiger partial charge >= 0.3 is 0 Å². The van der Waals surface area contributed by atoms with Gasteiger partial charge in [0.1, 0.15) is 6.61 Å². The Morgan fingerprint density at radius 1 is 1.39 bits per heavy atom. The summed E-state index contributed by atoms with van der Waals surface area (Å²) in [5.74, 6) is 2.60. The van der Waals surface area contributed by atoms with E-state index in [1.165, 1.54) is 19.3 Å². The van der Waals surface area contributed by atoms with E-state index in [0.29, 0.717) is 30.2 Å². The zero-order valence-corrected chi connectivity index (χ0v) is 11.1. The SMILES string of the molecule is CCCc1nc(COCC2CCCC2CN)no1. The van der Waals surface area contributed by atoms with E-state index in [9.17, 15) is 0 Å². The molecule has 1 aromatic heterocycles. The van der Waals surface area contributed by atoms with E-state index in [1.54, 1.807) is 0 Å². The summed E-state index contributed by atoms with van der Waals surface area (Å²) in [6.07, 6.45) is 5.61. The Balaban J connectivity index is 1.71. The van der Waals surface area contributed by atoms with E-state index in [0.717, 1.165) is 26.0 Å². The van der Waals surface area contributed by atoms with Crippen molar-refractivity contribution in [1.29, 1.82) is 0 Å². The number of ether oxygens (including phenoxy) is 1. The van der Waals surface area contributed by atoms with E-state index in [2.05, 4.69) is 17.1 Å². The lowest BCUT2D eigenvalue weighted by atomic mass is 9.97. The van der Waals surface area contributed by atoms with Gasteiger partial charge in [-0.2, -0.15) is 4.98 Å². The Hall–Kier alpha value is -0.940. The molecule has 2 unspecified atom stereocenters. The first-order chi connectivity index (χ1) is 8.83. The summed E-state index contributed by atoms with van der Waals surface area (Å²) in [5, 5.41) is 3.90. The molecule has 2 atom stereocenters. The van der Waals surface area contributed by atoms with Crippen LogP contribution in [0.2, 0.25) is 0 Å². The molecule has 0 amide bonds. The van der Waals surface area contributed by atoms with Crippen LogP contribution in [0.15, 0.2) is 4.52 Å². The molecular weight excluding hydrogens is 230 g/mol. The van der Waals surface area contributed by atoms with E-state index < -0.39 is 0 Å². The van der Waals surface area contributed by atoms with Gasteiger partial charge in [-0.15, -0.1) is 0 Å². The molecule has 1 aliphatic carbocycles. The molecule has 2 rings (SSSR count). The molecule has 0 saturated heterocycles. The number of hydrogen-bond acceptors (Lipinski definition) is 5. The number of nitrogens with two attached hydrogens (primary N) is 1. The van der Waals surface area contributed by atoms with Crippen molar-refractivity contribution in [2.75, 3.05) is 13.2 Å². The van der Waals surface area contributed by atoms with Crippen molar-refractivity contribution in [1.82, 2.24) is 10.1 Å². The van der Waals surface area contributed by atoms with Gasteiger partial charge in [0.15, 0.2) is 5.82 Å². The third kappa shape index (κ3) is 3.53. The van der Waals surface area contributed by atoms with Crippen molar-refractivity contribution >= 4 is 0 Å². The lowest BCUT2D eigenvalue weighted by Crippen LogP contribution is -2.22. The third-order valence-corrected chi connectivity index (χ3v) is 3.66. The summed E-state index contributed by atoms with van der Waals surface area (Å²) in [5.41, 5.74) is 5.75. The molecule has 5 nitrogen and oxygen atoms in total. The minimum absolute atomic E-state index is 0.445. The van der Waals surface area contributed by atoms with Gasteiger partial charge in [0.05, 0.1) is 6.61 Å². The summed E-state index contributed by atoms with van der Waals surface area (Å²) in [7, 11) is 0. The molecule has 1 aliphatic rings. The zero-order valence-electron chi connectivity index (χ0n) is 11.1. The first-order valence-electron chi connectivity index (χ1n) is 6.92. The monoisotopic (exact) mass is 253 g/mol. The highest BCUT2D eigenvalue weighted by atomic mass is 16.5. The Labute approximate surface area is 108 Å². The van der Waals surface area contributed by atoms with E-state index in [4.69, 9.17) is 15.0 Å². The second kappa shape index (κ2) is 6.85. The second-order valence-electron chi connectivity index (χ2n) is 5.06. The van der Waals surface area contributed by atoms with Gasteiger partial charge in [-0.05, 0) is 37.6 Å². The zero-order chi connectivity index (χ0) is 12.8. The van der Waals surface area contributed by atoms with Crippen LogP contribution in [-0.4, -0.2) is 23.3 Å². The first kappa shape index (κ1) is 13.5. The lowest BCUT2D eigenvalue weighted by Gasteiger charge is -2.16. The van der Waals surface area contributed by atoms with Gasteiger partial charge in [0, 0.05) is 6.42 Å². The van der Waals surface area contributed by atoms with Crippen molar-refractivity contribution < 1.29 is 9.26 Å². The summed E-state index contributed by atoms with van der Waals surface area (Å²) in [6, 6.07) is 0. The predicted molar refractivity (Wildman–Crippen MR) is 67.8 cm³/mol. The number of nitrogens with zero attached hydrogens (tertiary/aromatic N) is 2. The molecule has 0 radical (unpaired) electrons. The number of hydrogen-bond donors (Lipinski definition) is 1. The molecule has 0 bridgehead atoms. The highest BCUT2D eigenvalue weighted by Crippen LogP contribution is 2.31. The lowest BCUT2D eigenvalue weighted by molar-refractivity contribution is 0.0701. The molecule has 1 aromatic rings. The van der Waals surface area contributed by atoms with Crippen LogP contribution in [0.25, 0.3) is 0 Å². The van der Waals surface area contributed by atoms with Gasteiger partial charge in [-0.1, -0.05) is 18.5 Å². The molecule has 18 heavy (non-hydrogen) atoms. The molecule has 1 heterocycles. The average Bonchev–Trinajstić information content (AvgIpc) is 2.99. The average molecular weight is 253 g/mol. The maximum Gasteiger partial charge on any atom is 0.226 e. The van der Waals surface area contributed by atoms with Crippen molar-refractivity contribution in [3.05, 3.63) is 11.7 Å². The number of aromatic nitrogens is 2. The molecule has 0 aliphatic heterocycles. The smallest absolute Gasteiger partial charge is 0.226 e. The molecule has 5 heteroatoms. The maximum absolute atomic E-state index is 5.75. The van der Waals surface area contributed by atoms with Gasteiger partial charge < -0.3 is 15.0 Å². The minimum Gasteiger partial charge on any atom is -0.373 e. The van der Waals surface area contributed by atoms with Crippen LogP contribution in [0, 0.1) is 11.8 Å². The first-order valence-corrected chi connectivity index (χ1v) is 6.92. The van der Waals surface area contributed by atoms with Gasteiger partial charge in [-0.25, -0.2) is 0 Å². The van der Waals surface area contributed by atoms with E-state index >= 15 is 0 Å². The summed E-state index contributed by atoms with van der Waals surface area (Å²) in [6.45, 7) is 4.07. The topological polar surface area (TPSA) is 74.2 Å². The largest absolute Gasteiger partial charge is 0.373 e. The minimum atomic E-state index is 0.445. The molecule has 102 valence electrons. The predicted octanol–water partition coefficient (Wildman–Crippen LogP) is 1.91. The van der Waals surface area contributed by atoms with E-state index in [-0.39, 0.29) is 0 Å². The summed E-state index contributed by atoms with van der Waals surface area (Å²) in [4.78, 5) is 4.28. The number of rotatable bonds is 7. The van der Waals surface area contributed by atoms with Crippen LogP contribution in [0.5, 0.6) is 0 Å². The molecular formula is C13H23N3O2. The highest BCUT2D eigenvalue weighted by molar-refractivity contribution is 4.84. The Morgan fingerprint density at radius 3 is 3.00 bits per heavy atom. The van der Waals surface area contributed by atoms with Crippen LogP contribution in [0.1, 0.15) is 44.3 Å². The van der Waals surface area contributed by atoms with Gasteiger partial charge in [-0.3, -0.25) is 0 Å². The fourth-order valence-electron chi connectivity index (χ4n) is 2.61. The fourth-order valence-corrected chi connectivity index (χ4v) is 2.61. The van der Waals surface area contributed by atoms with Crippen molar-refractivity contribution in [2.24, 2.45) is 17.6 Å². The van der Waals surface area contributed by atoms with Gasteiger partial charge in [0.25, 0.3) is 0 Å². The Morgan fingerprint density at radius 2 is 2.22 bits per heavy atom. The van der Waals surface area contributed by atoms with Crippen molar-refractivity contribution in [3.8, 4) is 0 Å². The summed E-state index contributed by atoms with van der Waals surface area (Å²) < 4.78 is 10.8.